The quantitative estimate of drug-likeness (QED) is 0.0738. The molecule has 1 aliphatic rings. The summed E-state index contributed by atoms with van der Waals surface area (Å²) >= 11 is 6.56. The largest absolute Gasteiger partial charge is 0.497 e. The molecule has 1 aliphatic heterocycles. The number of halogens is 1. The summed E-state index contributed by atoms with van der Waals surface area (Å²) in [5.41, 5.74) is 12.0. The van der Waals surface area contributed by atoms with Crippen LogP contribution in [0.2, 0.25) is 0 Å². The highest BCUT2D eigenvalue weighted by Crippen LogP contribution is 2.46. The number of aromatic amines is 1. The molecule has 7 rings (SSSR count). The van der Waals surface area contributed by atoms with E-state index >= 15 is 0 Å². The second-order valence-corrected chi connectivity index (χ2v) is 17.1. The van der Waals surface area contributed by atoms with Gasteiger partial charge < -0.3 is 50.3 Å². The second kappa shape index (κ2) is 20.4. The number of nitrogens with zero attached hydrogens (tertiary/aromatic N) is 3. The zero-order valence-corrected chi connectivity index (χ0v) is 38.5. The average Bonchev–Trinajstić information content (AvgIpc) is 3.93. The topological polar surface area (TPSA) is 189 Å². The fourth-order valence-corrected chi connectivity index (χ4v) is 7.98. The minimum absolute atomic E-state index is 0.0161. The van der Waals surface area contributed by atoms with Crippen LogP contribution in [0.15, 0.2) is 103 Å². The number of fused-ring (bicyclic) bond motifs is 4. The van der Waals surface area contributed by atoms with Crippen molar-refractivity contribution >= 4 is 74.6 Å². The molecule has 66 heavy (non-hydrogen) atoms. The van der Waals surface area contributed by atoms with Crippen molar-refractivity contribution in [1.82, 2.24) is 20.1 Å². The lowest BCUT2D eigenvalue weighted by molar-refractivity contribution is -0.127. The molecule has 1 aromatic heterocycles. The van der Waals surface area contributed by atoms with Crippen LogP contribution in [0.5, 0.6) is 11.5 Å². The summed E-state index contributed by atoms with van der Waals surface area (Å²) in [6.45, 7) is 5.99. The van der Waals surface area contributed by atoms with Gasteiger partial charge in [-0.3, -0.25) is 14.4 Å². The van der Waals surface area contributed by atoms with Gasteiger partial charge in [-0.15, -0.1) is 11.6 Å². The Morgan fingerprint density at radius 3 is 2.17 bits per heavy atom. The van der Waals surface area contributed by atoms with E-state index in [-0.39, 0.29) is 37.4 Å². The van der Waals surface area contributed by atoms with Crippen molar-refractivity contribution in [3.63, 3.8) is 0 Å². The van der Waals surface area contributed by atoms with Gasteiger partial charge in [0.15, 0.2) is 0 Å². The number of H-pyrrole nitrogens is 1. The first kappa shape index (κ1) is 46.9. The number of likely N-dealkylation sites (N-methyl/N-ethyl adjacent to an activating group) is 2. The van der Waals surface area contributed by atoms with E-state index < -0.39 is 36.1 Å². The number of benzene rings is 5. The number of alkyl halides is 1. The van der Waals surface area contributed by atoms with Gasteiger partial charge in [0.1, 0.15) is 29.8 Å². The van der Waals surface area contributed by atoms with Crippen LogP contribution in [0.25, 0.3) is 32.8 Å². The van der Waals surface area contributed by atoms with Crippen molar-refractivity contribution in [3.8, 4) is 22.6 Å². The number of amides is 5. The summed E-state index contributed by atoms with van der Waals surface area (Å²) in [4.78, 5) is 72.7. The Kier molecular flexibility index (Phi) is 14.5. The Balaban J connectivity index is 0.931. The average molecular weight is 916 g/mol. The van der Waals surface area contributed by atoms with Gasteiger partial charge in [-0.1, -0.05) is 62.4 Å². The molecule has 15 nitrogen and oxygen atoms in total. The Morgan fingerprint density at radius 2 is 1.50 bits per heavy atom. The molecule has 344 valence electrons. The van der Waals surface area contributed by atoms with E-state index in [1.165, 1.54) is 9.80 Å². The molecule has 2 heterocycles. The maximum absolute atomic E-state index is 14.2. The van der Waals surface area contributed by atoms with E-state index in [1.54, 1.807) is 69.4 Å². The number of hydrogen-bond donors (Lipinski definition) is 4. The van der Waals surface area contributed by atoms with Gasteiger partial charge in [-0.25, -0.2) is 9.59 Å². The number of methoxy groups -OCH3 is 1. The molecule has 6 aromatic rings. The van der Waals surface area contributed by atoms with Gasteiger partial charge in [0.05, 0.1) is 13.2 Å². The van der Waals surface area contributed by atoms with Crippen molar-refractivity contribution in [2.24, 2.45) is 11.7 Å². The molecule has 0 aliphatic carbocycles. The van der Waals surface area contributed by atoms with E-state index in [2.05, 4.69) is 27.8 Å². The Morgan fingerprint density at radius 1 is 0.833 bits per heavy atom. The highest BCUT2D eigenvalue weighted by atomic mass is 35.5. The van der Waals surface area contributed by atoms with Crippen LogP contribution in [0.3, 0.4) is 0 Å². The Bertz CT molecular complexity index is 2760. The summed E-state index contributed by atoms with van der Waals surface area (Å²) in [6.07, 6.45) is -1.19. The summed E-state index contributed by atoms with van der Waals surface area (Å²) < 4.78 is 16.5. The number of rotatable bonds is 15. The normalized spacial score (nSPS) is 14.1. The smallest absolute Gasteiger partial charge is 0.415 e. The van der Waals surface area contributed by atoms with Crippen LogP contribution in [-0.2, 0) is 20.9 Å². The van der Waals surface area contributed by atoms with E-state index in [4.69, 9.17) is 31.5 Å². The predicted molar refractivity (Wildman–Crippen MR) is 256 cm³/mol. The van der Waals surface area contributed by atoms with Gasteiger partial charge in [0.25, 0.3) is 5.91 Å². The highest BCUT2D eigenvalue weighted by Gasteiger charge is 2.35. The Hall–Kier alpha value is -7.10. The minimum Gasteiger partial charge on any atom is -0.497 e. The van der Waals surface area contributed by atoms with Gasteiger partial charge in [0, 0.05) is 67.8 Å². The number of nitrogens with two attached hydrogens (primary N) is 1. The molecular weight excluding hydrogens is 862 g/mol. The molecule has 5 amide bonds. The third-order valence-corrected chi connectivity index (χ3v) is 12.2. The maximum atomic E-state index is 14.2. The number of nitrogens with one attached hydrogen (secondary N) is 3. The standard InChI is InChI=1S/C50H54ClN7O8/c1-29(2)45(52)47(60)53-30(3)46(59)54-35-15-11-31(12-16-35)28-65-49(62)56(4)21-22-57(5)50(63)66-36-17-13-32(14-18-36)40-25-43-44(39-10-8-7-9-38(39)40)34(26-51)27-58(43)48(61)42-24-33-23-37(64-6)19-20-41(33)55-42/h7-20,23-25,29-30,34,45,55H,21-22,26-28,52H2,1-6H3,(H,53,60)(H,54,59)/t30-,34?,45-/m0/s1. The zero-order valence-electron chi connectivity index (χ0n) is 37.7. The molecule has 16 heteroatoms. The van der Waals surface area contributed by atoms with Crippen LogP contribution in [-0.4, -0.2) is 103 Å². The first-order valence-corrected chi connectivity index (χ1v) is 22.2. The lowest BCUT2D eigenvalue weighted by atomic mass is 9.90. The zero-order chi connectivity index (χ0) is 47.2. The number of aromatic nitrogens is 1. The lowest BCUT2D eigenvalue weighted by Crippen LogP contribution is -2.50. The van der Waals surface area contributed by atoms with Crippen molar-refractivity contribution in [1.29, 1.82) is 0 Å². The first-order valence-electron chi connectivity index (χ1n) is 21.6. The van der Waals surface area contributed by atoms with Crippen LogP contribution >= 0.6 is 11.6 Å². The second-order valence-electron chi connectivity index (χ2n) is 16.8. The molecule has 0 spiro atoms. The summed E-state index contributed by atoms with van der Waals surface area (Å²) in [5.74, 6) is 0.281. The van der Waals surface area contributed by atoms with Gasteiger partial charge >= 0.3 is 12.2 Å². The molecule has 3 atom stereocenters. The van der Waals surface area contributed by atoms with Gasteiger partial charge in [0.2, 0.25) is 11.8 Å². The summed E-state index contributed by atoms with van der Waals surface area (Å²) in [7, 11) is 4.76. The Labute approximate surface area is 388 Å². The van der Waals surface area contributed by atoms with Crippen molar-refractivity contribution in [2.45, 2.75) is 45.4 Å². The van der Waals surface area contributed by atoms with E-state index in [9.17, 15) is 24.0 Å². The first-order chi connectivity index (χ1) is 31.6. The van der Waals surface area contributed by atoms with Crippen LogP contribution in [0.4, 0.5) is 21.0 Å². The third-order valence-electron chi connectivity index (χ3n) is 11.8. The molecule has 0 saturated carbocycles. The van der Waals surface area contributed by atoms with Crippen LogP contribution in [0.1, 0.15) is 48.3 Å². The van der Waals surface area contributed by atoms with Crippen molar-refractivity contribution < 1.29 is 38.2 Å². The number of ether oxygens (including phenoxy) is 3. The third kappa shape index (κ3) is 10.4. The van der Waals surface area contributed by atoms with Crippen molar-refractivity contribution in [3.05, 3.63) is 120 Å². The number of carbonyl (C=O) groups excluding carboxylic acids is 5. The predicted octanol–water partition coefficient (Wildman–Crippen LogP) is 8.11. The molecule has 5 aromatic carbocycles. The number of anilines is 2. The van der Waals surface area contributed by atoms with Gasteiger partial charge in [-0.2, -0.15) is 0 Å². The van der Waals surface area contributed by atoms with Crippen molar-refractivity contribution in [2.75, 3.05) is 56.9 Å². The fraction of sp³-hybridized carbons (Fsp3) is 0.300. The summed E-state index contributed by atoms with van der Waals surface area (Å²) in [5, 5.41) is 8.26. The van der Waals surface area contributed by atoms with Crippen LogP contribution < -0.4 is 30.7 Å². The van der Waals surface area contributed by atoms with E-state index in [1.807, 2.05) is 68.4 Å². The fourth-order valence-electron chi connectivity index (χ4n) is 7.73. The monoisotopic (exact) mass is 915 g/mol. The molecule has 0 saturated heterocycles. The molecule has 0 radical (unpaired) electrons. The lowest BCUT2D eigenvalue weighted by Gasteiger charge is -2.22. The molecule has 0 bridgehead atoms. The van der Waals surface area contributed by atoms with E-state index in [0.29, 0.717) is 40.9 Å². The number of carbonyl (C=O) groups is 5. The summed E-state index contributed by atoms with van der Waals surface area (Å²) in [6, 6.07) is 30.1. The molecule has 5 N–H and O–H groups in total. The van der Waals surface area contributed by atoms with E-state index in [0.717, 1.165) is 44.1 Å². The molecule has 0 fully saturated rings. The SMILES string of the molecule is COc1ccc2[nH]c(C(=O)N3CC(CCl)c4c3cc(-c3ccc(OC(=O)N(C)CCN(C)C(=O)OCc5ccc(NC(=O)[C@H](C)NC(=O)[C@@H](N)C(C)C)cc5)cc3)c3ccccc43)cc2c1. The molecule has 1 unspecified atom stereocenters. The van der Waals surface area contributed by atoms with Crippen LogP contribution in [0, 0.1) is 5.92 Å². The van der Waals surface area contributed by atoms with Gasteiger partial charge in [-0.05, 0) is 100 Å². The molecular formula is C50H54ClN7O8. The maximum Gasteiger partial charge on any atom is 0.415 e. The number of hydrogen-bond acceptors (Lipinski definition) is 9. The minimum atomic E-state index is -0.794. The highest BCUT2D eigenvalue weighted by molar-refractivity contribution is 6.19.